The standard InChI is InChI=1S/C28H28N2O6S/c1-18-13-22-15-23(27(31)29-26(22)14-19(18)2)17-30(16-20-5-9-24(35-3)10-6-20)37(33,34)25-11-7-21(8-12-25)28(32)36-4/h5-15H,16-17H2,1-4H3,(H,29,31). The maximum atomic E-state index is 13.8. The van der Waals surface area contributed by atoms with E-state index >= 15 is 0 Å². The van der Waals surface area contributed by atoms with Crippen molar-refractivity contribution in [1.29, 1.82) is 0 Å². The number of benzene rings is 3. The Morgan fingerprint density at radius 2 is 1.54 bits per heavy atom. The first kappa shape index (κ1) is 26.1. The topological polar surface area (TPSA) is 106 Å². The number of hydrogen-bond donors (Lipinski definition) is 1. The molecule has 8 nitrogen and oxygen atoms in total. The lowest BCUT2D eigenvalue weighted by Gasteiger charge is -2.23. The second-order valence-electron chi connectivity index (χ2n) is 8.78. The minimum atomic E-state index is -4.05. The average Bonchev–Trinajstić information content (AvgIpc) is 2.89. The van der Waals surface area contributed by atoms with Crippen LogP contribution in [0, 0.1) is 13.8 Å². The summed E-state index contributed by atoms with van der Waals surface area (Å²) in [4.78, 5) is 27.7. The lowest BCUT2D eigenvalue weighted by atomic mass is 10.0. The number of carbonyl (C=O) groups excluding carboxylic acids is 1. The predicted octanol–water partition coefficient (Wildman–Crippen LogP) is 4.33. The monoisotopic (exact) mass is 520 g/mol. The summed E-state index contributed by atoms with van der Waals surface area (Å²) < 4.78 is 38.7. The molecule has 0 atom stereocenters. The molecule has 9 heteroatoms. The number of sulfonamides is 1. The quantitative estimate of drug-likeness (QED) is 0.347. The normalized spacial score (nSPS) is 11.6. The van der Waals surface area contributed by atoms with Crippen molar-refractivity contribution in [1.82, 2.24) is 9.29 Å². The summed E-state index contributed by atoms with van der Waals surface area (Å²) >= 11 is 0. The van der Waals surface area contributed by atoms with Crippen LogP contribution >= 0.6 is 0 Å². The van der Waals surface area contributed by atoms with Gasteiger partial charge in [-0.05, 0) is 90.5 Å². The molecule has 4 rings (SSSR count). The minimum Gasteiger partial charge on any atom is -0.497 e. The number of hydrogen-bond acceptors (Lipinski definition) is 6. The summed E-state index contributed by atoms with van der Waals surface area (Å²) in [5.41, 5.74) is 3.73. The molecule has 0 aliphatic rings. The maximum absolute atomic E-state index is 13.8. The number of H-pyrrole nitrogens is 1. The minimum absolute atomic E-state index is 0.00245. The van der Waals surface area contributed by atoms with Gasteiger partial charge in [0.1, 0.15) is 5.75 Å². The molecular formula is C28H28N2O6S. The molecule has 1 aromatic heterocycles. The third-order valence-electron chi connectivity index (χ3n) is 6.31. The van der Waals surface area contributed by atoms with Gasteiger partial charge in [0.2, 0.25) is 10.0 Å². The molecule has 0 aliphatic heterocycles. The Hall–Kier alpha value is -3.95. The number of carbonyl (C=O) groups is 1. The van der Waals surface area contributed by atoms with Gasteiger partial charge in [0.25, 0.3) is 5.56 Å². The number of rotatable bonds is 8. The Balaban J connectivity index is 1.76. The summed E-state index contributed by atoms with van der Waals surface area (Å²) in [5.74, 6) is 0.0838. The summed E-state index contributed by atoms with van der Waals surface area (Å²) in [6.07, 6.45) is 0. The largest absolute Gasteiger partial charge is 0.497 e. The number of aryl methyl sites for hydroxylation is 2. The predicted molar refractivity (Wildman–Crippen MR) is 141 cm³/mol. The molecule has 37 heavy (non-hydrogen) atoms. The van der Waals surface area contributed by atoms with Gasteiger partial charge in [0.05, 0.1) is 24.7 Å². The number of nitrogens with zero attached hydrogens (tertiary/aromatic N) is 1. The number of methoxy groups -OCH3 is 2. The van der Waals surface area contributed by atoms with Crippen LogP contribution in [0.15, 0.2) is 76.4 Å². The van der Waals surface area contributed by atoms with Gasteiger partial charge in [0, 0.05) is 24.2 Å². The van der Waals surface area contributed by atoms with Crippen molar-refractivity contribution in [3.8, 4) is 5.75 Å². The van der Waals surface area contributed by atoms with E-state index < -0.39 is 16.0 Å². The van der Waals surface area contributed by atoms with E-state index in [0.717, 1.165) is 22.1 Å². The third kappa shape index (κ3) is 5.58. The van der Waals surface area contributed by atoms with Crippen LogP contribution in [-0.4, -0.2) is 37.9 Å². The molecule has 0 bridgehead atoms. The number of aromatic nitrogens is 1. The van der Waals surface area contributed by atoms with E-state index in [-0.39, 0.29) is 29.1 Å². The Bertz CT molecular complexity index is 1610. The zero-order chi connectivity index (χ0) is 26.7. The average molecular weight is 521 g/mol. The molecule has 0 spiro atoms. The summed E-state index contributed by atoms with van der Waals surface area (Å²) in [7, 11) is -1.24. The van der Waals surface area contributed by atoms with Crippen LogP contribution in [0.4, 0.5) is 0 Å². The van der Waals surface area contributed by atoms with Crippen molar-refractivity contribution in [2.45, 2.75) is 31.8 Å². The molecule has 0 aliphatic carbocycles. The van der Waals surface area contributed by atoms with Gasteiger partial charge in [-0.25, -0.2) is 13.2 Å². The zero-order valence-electron chi connectivity index (χ0n) is 21.1. The van der Waals surface area contributed by atoms with Gasteiger partial charge in [0.15, 0.2) is 0 Å². The first-order valence-corrected chi connectivity index (χ1v) is 13.0. The number of nitrogens with one attached hydrogen (secondary N) is 1. The fraction of sp³-hybridized carbons (Fsp3) is 0.214. The van der Waals surface area contributed by atoms with Crippen molar-refractivity contribution in [2.75, 3.05) is 14.2 Å². The van der Waals surface area contributed by atoms with Crippen LogP contribution in [0.5, 0.6) is 5.75 Å². The molecule has 4 aromatic rings. The lowest BCUT2D eigenvalue weighted by Crippen LogP contribution is -2.32. The van der Waals surface area contributed by atoms with Crippen molar-refractivity contribution in [3.05, 3.63) is 105 Å². The van der Waals surface area contributed by atoms with E-state index in [1.807, 2.05) is 26.0 Å². The number of pyridine rings is 1. The van der Waals surface area contributed by atoms with E-state index in [9.17, 15) is 18.0 Å². The summed E-state index contributed by atoms with van der Waals surface area (Å²) in [5, 5.41) is 0.821. The van der Waals surface area contributed by atoms with Gasteiger partial charge in [-0.3, -0.25) is 4.79 Å². The summed E-state index contributed by atoms with van der Waals surface area (Å²) in [6, 6.07) is 18.2. The SMILES string of the molecule is COC(=O)c1ccc(S(=O)(=O)N(Cc2ccc(OC)cc2)Cc2cc3cc(C)c(C)cc3[nH]c2=O)cc1. The number of ether oxygens (including phenoxy) is 2. The van der Waals surface area contributed by atoms with E-state index in [4.69, 9.17) is 9.47 Å². The Morgan fingerprint density at radius 1 is 0.892 bits per heavy atom. The highest BCUT2D eigenvalue weighted by atomic mass is 32.2. The molecule has 0 radical (unpaired) electrons. The Morgan fingerprint density at radius 3 is 2.16 bits per heavy atom. The second-order valence-corrected chi connectivity index (χ2v) is 10.7. The van der Waals surface area contributed by atoms with Crippen molar-refractivity contribution in [2.24, 2.45) is 0 Å². The van der Waals surface area contributed by atoms with Crippen LogP contribution in [0.1, 0.15) is 32.6 Å². The highest BCUT2D eigenvalue weighted by Gasteiger charge is 2.26. The second kappa shape index (κ2) is 10.6. The molecule has 1 N–H and O–H groups in total. The molecular weight excluding hydrogens is 492 g/mol. The van der Waals surface area contributed by atoms with Crippen molar-refractivity contribution < 1.29 is 22.7 Å². The van der Waals surface area contributed by atoms with Crippen molar-refractivity contribution in [3.63, 3.8) is 0 Å². The third-order valence-corrected chi connectivity index (χ3v) is 8.12. The Kier molecular flexibility index (Phi) is 7.47. The smallest absolute Gasteiger partial charge is 0.337 e. The molecule has 0 unspecified atom stereocenters. The first-order valence-electron chi connectivity index (χ1n) is 11.6. The molecule has 0 saturated heterocycles. The van der Waals surface area contributed by atoms with Gasteiger partial charge in [-0.15, -0.1) is 0 Å². The van der Waals surface area contributed by atoms with Crippen LogP contribution in [-0.2, 0) is 27.8 Å². The summed E-state index contributed by atoms with van der Waals surface area (Å²) in [6.45, 7) is 3.83. The lowest BCUT2D eigenvalue weighted by molar-refractivity contribution is 0.0600. The van der Waals surface area contributed by atoms with Crippen LogP contribution in [0.2, 0.25) is 0 Å². The molecule has 1 heterocycles. The highest BCUT2D eigenvalue weighted by molar-refractivity contribution is 7.89. The van der Waals surface area contributed by atoms with E-state index in [1.165, 1.54) is 35.7 Å². The van der Waals surface area contributed by atoms with Crippen LogP contribution in [0.25, 0.3) is 10.9 Å². The Labute approximate surface area is 215 Å². The molecule has 0 saturated carbocycles. The highest BCUT2D eigenvalue weighted by Crippen LogP contribution is 2.24. The van der Waals surface area contributed by atoms with Gasteiger partial charge in [-0.1, -0.05) is 12.1 Å². The molecule has 0 amide bonds. The van der Waals surface area contributed by atoms with Gasteiger partial charge >= 0.3 is 5.97 Å². The van der Waals surface area contributed by atoms with Crippen LogP contribution in [0.3, 0.4) is 0 Å². The van der Waals surface area contributed by atoms with Gasteiger partial charge < -0.3 is 14.5 Å². The first-order chi connectivity index (χ1) is 17.6. The van der Waals surface area contributed by atoms with Gasteiger partial charge in [-0.2, -0.15) is 4.31 Å². The molecule has 3 aromatic carbocycles. The number of fused-ring (bicyclic) bond motifs is 1. The van der Waals surface area contributed by atoms with Crippen LogP contribution < -0.4 is 10.3 Å². The fourth-order valence-corrected chi connectivity index (χ4v) is 5.43. The molecule has 0 fully saturated rings. The number of aromatic amines is 1. The van der Waals surface area contributed by atoms with E-state index in [1.54, 1.807) is 37.4 Å². The van der Waals surface area contributed by atoms with E-state index in [0.29, 0.717) is 16.8 Å². The fourth-order valence-electron chi connectivity index (χ4n) is 4.02. The number of esters is 1. The molecule has 192 valence electrons. The van der Waals surface area contributed by atoms with E-state index in [2.05, 4.69) is 4.98 Å². The van der Waals surface area contributed by atoms with Crippen molar-refractivity contribution >= 4 is 26.9 Å². The zero-order valence-corrected chi connectivity index (χ0v) is 21.9. The maximum Gasteiger partial charge on any atom is 0.337 e.